The van der Waals surface area contributed by atoms with Gasteiger partial charge in [0.15, 0.2) is 0 Å². The van der Waals surface area contributed by atoms with Crippen molar-refractivity contribution in [1.29, 1.82) is 0 Å². The van der Waals surface area contributed by atoms with Crippen molar-refractivity contribution >= 4 is 0 Å². The number of aliphatic hydroxyl groups is 3. The third kappa shape index (κ3) is 26.2. The standard InChI is InChI=1S/C10H20O.C9H18O2.H2O3.5H2O2/c1-7(2)4-10-8(3)5-9(10)6-11;1-6(2)3-8-7(5-10)4-9(8)11;1-3-2;5*1-2/h7-11H,4-6H2,1-3H3;6-11H,3-5H2,1-2H3;1-2H;5*1-2H. The van der Waals surface area contributed by atoms with Crippen LogP contribution in [0.15, 0.2) is 0 Å². The first kappa shape index (κ1) is 47.5. The SMILES string of the molecule is CC(C)CC1C(C)CC1CO.CC(C)CC1C(O)CC1CO.OO.OO.OO.OO.OO.OOO. The Morgan fingerprint density at radius 1 is 0.629 bits per heavy atom. The lowest BCUT2D eigenvalue weighted by Gasteiger charge is -2.43. The van der Waals surface area contributed by atoms with Crippen LogP contribution < -0.4 is 0 Å². The summed E-state index contributed by atoms with van der Waals surface area (Å²) >= 11 is 0. The van der Waals surface area contributed by atoms with E-state index in [0.29, 0.717) is 30.3 Å². The minimum absolute atomic E-state index is 0.144. The monoisotopic (exact) mass is 534 g/mol. The van der Waals surface area contributed by atoms with Crippen LogP contribution in [-0.4, -0.2) is 97.7 Å². The third-order valence-corrected chi connectivity index (χ3v) is 5.61. The van der Waals surface area contributed by atoms with Gasteiger partial charge in [-0.2, -0.15) is 0 Å². The summed E-state index contributed by atoms with van der Waals surface area (Å²) in [6.45, 7) is 11.8. The van der Waals surface area contributed by atoms with E-state index in [1.165, 1.54) is 12.8 Å². The van der Waals surface area contributed by atoms with Gasteiger partial charge >= 0.3 is 0 Å². The van der Waals surface area contributed by atoms with Crippen molar-refractivity contribution in [2.75, 3.05) is 13.2 Å². The molecular formula is C19H50O16. The fourth-order valence-electron chi connectivity index (χ4n) is 4.16. The Hall–Kier alpha value is -0.640. The Labute approximate surface area is 205 Å². The second kappa shape index (κ2) is 37.9. The molecule has 0 aromatic rings. The van der Waals surface area contributed by atoms with Gasteiger partial charge in [-0.3, -0.25) is 52.6 Å². The highest BCUT2D eigenvalue weighted by Crippen LogP contribution is 2.43. The molecule has 16 nitrogen and oxygen atoms in total. The Morgan fingerprint density at radius 3 is 1.14 bits per heavy atom. The highest BCUT2D eigenvalue weighted by atomic mass is 17.4. The van der Waals surface area contributed by atoms with Gasteiger partial charge in [0.05, 0.1) is 6.10 Å². The van der Waals surface area contributed by atoms with Gasteiger partial charge in [0, 0.05) is 13.2 Å². The van der Waals surface area contributed by atoms with E-state index < -0.39 is 0 Å². The van der Waals surface area contributed by atoms with Crippen LogP contribution in [0.25, 0.3) is 0 Å². The first-order valence-corrected chi connectivity index (χ1v) is 10.6. The van der Waals surface area contributed by atoms with Crippen molar-refractivity contribution in [2.24, 2.45) is 41.4 Å². The molecule has 0 spiro atoms. The summed E-state index contributed by atoms with van der Waals surface area (Å²) in [6, 6.07) is 0. The zero-order valence-corrected chi connectivity index (χ0v) is 21.0. The van der Waals surface area contributed by atoms with Crippen LogP contribution in [0.4, 0.5) is 0 Å². The lowest BCUT2D eigenvalue weighted by atomic mass is 9.63. The van der Waals surface area contributed by atoms with Gasteiger partial charge in [0.1, 0.15) is 0 Å². The van der Waals surface area contributed by atoms with Crippen LogP contribution in [0, 0.1) is 41.4 Å². The predicted molar refractivity (Wildman–Crippen MR) is 124 cm³/mol. The van der Waals surface area contributed by atoms with E-state index in [4.69, 9.17) is 73.3 Å². The number of rotatable bonds is 6. The summed E-state index contributed by atoms with van der Waals surface area (Å²) in [4.78, 5) is 0. The van der Waals surface area contributed by atoms with E-state index in [-0.39, 0.29) is 12.7 Å². The van der Waals surface area contributed by atoms with E-state index in [1.807, 2.05) is 0 Å². The van der Waals surface area contributed by atoms with Gasteiger partial charge in [0.25, 0.3) is 0 Å². The van der Waals surface area contributed by atoms with Crippen LogP contribution >= 0.6 is 0 Å². The molecule has 0 heterocycles. The predicted octanol–water partition coefficient (Wildman–Crippen LogP) is 3.35. The van der Waals surface area contributed by atoms with Crippen LogP contribution in [0.3, 0.4) is 0 Å². The van der Waals surface area contributed by atoms with Crippen molar-refractivity contribution in [1.82, 2.24) is 0 Å². The smallest absolute Gasteiger partial charge is 0.0575 e. The van der Waals surface area contributed by atoms with E-state index in [1.54, 1.807) is 0 Å². The number of aliphatic hydroxyl groups excluding tert-OH is 3. The maximum absolute atomic E-state index is 9.35. The second-order valence-corrected chi connectivity index (χ2v) is 8.57. The first-order chi connectivity index (χ1) is 16.7. The highest BCUT2D eigenvalue weighted by Gasteiger charge is 2.39. The molecule has 0 amide bonds. The Morgan fingerprint density at radius 2 is 0.914 bits per heavy atom. The van der Waals surface area contributed by atoms with E-state index in [2.05, 4.69) is 39.7 Å². The molecule has 2 aliphatic rings. The van der Waals surface area contributed by atoms with Crippen LogP contribution in [0.2, 0.25) is 0 Å². The average molecular weight is 535 g/mol. The van der Waals surface area contributed by atoms with Gasteiger partial charge in [-0.1, -0.05) is 39.7 Å². The summed E-state index contributed by atoms with van der Waals surface area (Å²) in [7, 11) is 0. The Balaban J connectivity index is -0.0000000820. The molecule has 222 valence electrons. The summed E-state index contributed by atoms with van der Waals surface area (Å²) in [5.41, 5.74) is 0. The van der Waals surface area contributed by atoms with Crippen molar-refractivity contribution in [2.45, 2.75) is 66.4 Å². The Kier molecular flexibility index (Phi) is 51.5. The average Bonchev–Trinajstić information content (AvgIpc) is 2.89. The molecule has 35 heavy (non-hydrogen) atoms. The van der Waals surface area contributed by atoms with E-state index in [0.717, 1.165) is 30.6 Å². The highest BCUT2D eigenvalue weighted by molar-refractivity contribution is 4.89. The lowest BCUT2D eigenvalue weighted by molar-refractivity contribution is -0.465. The van der Waals surface area contributed by atoms with Crippen LogP contribution in [0.5, 0.6) is 0 Å². The second-order valence-electron chi connectivity index (χ2n) is 8.57. The van der Waals surface area contributed by atoms with Gasteiger partial charge in [-0.25, -0.2) is 10.5 Å². The molecule has 0 bridgehead atoms. The van der Waals surface area contributed by atoms with Gasteiger partial charge in [-0.05, 0) is 67.1 Å². The van der Waals surface area contributed by atoms with Gasteiger partial charge in [0.2, 0.25) is 0 Å². The van der Waals surface area contributed by atoms with Gasteiger partial charge < -0.3 is 15.3 Å². The summed E-state index contributed by atoms with van der Waals surface area (Å²) < 4.78 is 0. The van der Waals surface area contributed by atoms with Gasteiger partial charge in [-0.15, -0.1) is 0 Å². The molecular weight excluding hydrogens is 484 g/mol. The van der Waals surface area contributed by atoms with Crippen LogP contribution in [-0.2, 0) is 5.04 Å². The van der Waals surface area contributed by atoms with Crippen molar-refractivity contribution in [3.8, 4) is 0 Å². The molecule has 0 radical (unpaired) electrons. The number of hydrogen-bond acceptors (Lipinski definition) is 16. The summed E-state index contributed by atoms with van der Waals surface area (Å²) in [5, 5.41) is 103. The maximum Gasteiger partial charge on any atom is 0.0575 e. The molecule has 0 aliphatic heterocycles. The topological polar surface area (TPSA) is 313 Å². The fourth-order valence-corrected chi connectivity index (χ4v) is 4.16. The molecule has 6 unspecified atom stereocenters. The van der Waals surface area contributed by atoms with E-state index in [9.17, 15) is 5.11 Å². The third-order valence-electron chi connectivity index (χ3n) is 5.61. The van der Waals surface area contributed by atoms with E-state index >= 15 is 0 Å². The Bertz CT molecular complexity index is 308. The van der Waals surface area contributed by atoms with Crippen LogP contribution in [0.1, 0.15) is 60.3 Å². The zero-order valence-electron chi connectivity index (χ0n) is 21.0. The minimum Gasteiger partial charge on any atom is -0.396 e. The number of hydrogen-bond donors (Lipinski definition) is 15. The van der Waals surface area contributed by atoms with Crippen molar-refractivity contribution in [3.05, 3.63) is 0 Å². The van der Waals surface area contributed by atoms with Crippen molar-refractivity contribution in [3.63, 3.8) is 0 Å². The normalized spacial score (nSPS) is 24.9. The molecule has 2 saturated carbocycles. The first-order valence-electron chi connectivity index (χ1n) is 10.6. The fraction of sp³-hybridized carbons (Fsp3) is 1.00. The molecule has 2 aliphatic carbocycles. The molecule has 2 rings (SSSR count). The van der Waals surface area contributed by atoms with Crippen molar-refractivity contribution < 1.29 is 83.4 Å². The summed E-state index contributed by atoms with van der Waals surface area (Å²) in [6.07, 6.45) is 4.25. The lowest BCUT2D eigenvalue weighted by Crippen LogP contribution is -2.43. The molecule has 0 aromatic heterocycles. The molecule has 0 aromatic carbocycles. The molecule has 0 saturated heterocycles. The summed E-state index contributed by atoms with van der Waals surface area (Å²) in [5.74, 6) is 4.43. The molecule has 6 atom stereocenters. The molecule has 15 N–H and O–H groups in total. The maximum atomic E-state index is 9.35. The molecule has 16 heteroatoms. The molecule has 2 fully saturated rings. The quantitative estimate of drug-likeness (QED) is 0.171. The zero-order chi connectivity index (χ0) is 29.6. The largest absolute Gasteiger partial charge is 0.396 e. The minimum atomic E-state index is -0.144.